The van der Waals surface area contributed by atoms with Gasteiger partial charge in [-0.15, -0.1) is 6.58 Å². The molecule has 0 bridgehead atoms. The molecule has 2 aromatic rings. The van der Waals surface area contributed by atoms with Crippen molar-refractivity contribution in [1.29, 1.82) is 0 Å². The average molecular weight is 281 g/mol. The quantitative estimate of drug-likeness (QED) is 0.841. The maximum Gasteiger partial charge on any atom is 0.120 e. The molecule has 0 radical (unpaired) electrons. The maximum atomic E-state index is 10.1. The number of fused-ring (bicyclic) bond motifs is 1. The van der Waals surface area contributed by atoms with Crippen LogP contribution in [0.4, 0.5) is 5.69 Å². The summed E-state index contributed by atoms with van der Waals surface area (Å²) in [7, 11) is 0. The number of aromatic hydroxyl groups is 2. The second kappa shape index (κ2) is 5.52. The molecular formula is C18H19NO2. The molecule has 1 aliphatic rings. The third kappa shape index (κ3) is 2.35. The lowest BCUT2D eigenvalue weighted by Crippen LogP contribution is -2.33. The van der Waals surface area contributed by atoms with E-state index in [1.807, 2.05) is 36.4 Å². The number of hydrogen-bond acceptors (Lipinski definition) is 3. The zero-order chi connectivity index (χ0) is 14.8. The van der Waals surface area contributed by atoms with Crippen LogP contribution in [0.1, 0.15) is 23.6 Å². The lowest BCUT2D eigenvalue weighted by Gasteiger charge is -2.39. The molecule has 0 aliphatic carbocycles. The Bertz CT molecular complexity index is 666. The lowest BCUT2D eigenvalue weighted by molar-refractivity contribution is 0.443. The van der Waals surface area contributed by atoms with E-state index in [0.29, 0.717) is 18.0 Å². The Balaban J connectivity index is 2.07. The number of rotatable bonds is 3. The summed E-state index contributed by atoms with van der Waals surface area (Å²) in [6, 6.07) is 13.2. The lowest BCUT2D eigenvalue weighted by atomic mass is 9.90. The molecule has 21 heavy (non-hydrogen) atoms. The Morgan fingerprint density at radius 1 is 1.10 bits per heavy atom. The molecule has 3 heteroatoms. The molecule has 2 aromatic carbocycles. The van der Waals surface area contributed by atoms with Gasteiger partial charge in [0.05, 0.1) is 6.04 Å². The van der Waals surface area contributed by atoms with E-state index in [2.05, 4.69) is 11.5 Å². The highest BCUT2D eigenvalue weighted by Gasteiger charge is 2.29. The highest BCUT2D eigenvalue weighted by Crippen LogP contribution is 2.43. The zero-order valence-electron chi connectivity index (χ0n) is 11.9. The summed E-state index contributed by atoms with van der Waals surface area (Å²) >= 11 is 0. The molecule has 108 valence electrons. The van der Waals surface area contributed by atoms with Crippen molar-refractivity contribution in [3.8, 4) is 11.5 Å². The Morgan fingerprint density at radius 2 is 1.86 bits per heavy atom. The molecule has 1 heterocycles. The van der Waals surface area contributed by atoms with Crippen LogP contribution < -0.4 is 4.90 Å². The van der Waals surface area contributed by atoms with Gasteiger partial charge in [-0.05, 0) is 31.0 Å². The van der Waals surface area contributed by atoms with Gasteiger partial charge in [0, 0.05) is 23.4 Å². The largest absolute Gasteiger partial charge is 0.508 e. The van der Waals surface area contributed by atoms with Gasteiger partial charge in [0.15, 0.2) is 0 Å². The van der Waals surface area contributed by atoms with E-state index in [1.165, 1.54) is 0 Å². The van der Waals surface area contributed by atoms with Gasteiger partial charge in [-0.2, -0.15) is 0 Å². The third-order valence-electron chi connectivity index (χ3n) is 4.10. The average Bonchev–Trinajstić information content (AvgIpc) is 2.49. The molecule has 2 N–H and O–H groups in total. The van der Waals surface area contributed by atoms with Crippen molar-refractivity contribution in [2.45, 2.75) is 18.9 Å². The smallest absolute Gasteiger partial charge is 0.120 e. The molecule has 0 aromatic heterocycles. The number of anilines is 1. The highest BCUT2D eigenvalue weighted by atomic mass is 16.3. The molecule has 1 unspecified atom stereocenters. The molecule has 1 aliphatic heterocycles. The van der Waals surface area contributed by atoms with Crippen LogP contribution in [-0.4, -0.2) is 16.8 Å². The molecule has 1 atom stereocenters. The molecular weight excluding hydrogens is 262 g/mol. The first-order chi connectivity index (χ1) is 10.2. The normalized spacial score (nSPS) is 17.3. The minimum Gasteiger partial charge on any atom is -0.508 e. The number of hydrogen-bond donors (Lipinski definition) is 2. The fourth-order valence-corrected chi connectivity index (χ4v) is 3.15. The monoisotopic (exact) mass is 281 g/mol. The van der Waals surface area contributed by atoms with Crippen LogP contribution in [0.25, 0.3) is 0 Å². The van der Waals surface area contributed by atoms with E-state index < -0.39 is 0 Å². The molecule has 0 amide bonds. The Morgan fingerprint density at radius 3 is 2.62 bits per heavy atom. The molecule has 0 fully saturated rings. The van der Waals surface area contributed by atoms with Crippen LogP contribution in [0.2, 0.25) is 0 Å². The SMILES string of the molecule is C=CCN1c2cccc(O)c2CCC1c1ccccc1O. The first-order valence-electron chi connectivity index (χ1n) is 7.18. The molecule has 3 rings (SSSR count). The van der Waals surface area contributed by atoms with E-state index in [1.54, 1.807) is 12.1 Å². The second-order valence-corrected chi connectivity index (χ2v) is 5.33. The van der Waals surface area contributed by atoms with Gasteiger partial charge in [0.25, 0.3) is 0 Å². The van der Waals surface area contributed by atoms with Gasteiger partial charge in [-0.3, -0.25) is 0 Å². The first kappa shape index (κ1) is 13.6. The summed E-state index contributed by atoms with van der Waals surface area (Å²) in [6.45, 7) is 4.51. The van der Waals surface area contributed by atoms with Crippen LogP contribution in [-0.2, 0) is 6.42 Å². The van der Waals surface area contributed by atoms with Crippen molar-refractivity contribution in [3.63, 3.8) is 0 Å². The summed E-state index contributed by atoms with van der Waals surface area (Å²) < 4.78 is 0. The topological polar surface area (TPSA) is 43.7 Å². The summed E-state index contributed by atoms with van der Waals surface area (Å²) in [5.41, 5.74) is 2.92. The highest BCUT2D eigenvalue weighted by molar-refractivity contribution is 5.63. The number of benzene rings is 2. The van der Waals surface area contributed by atoms with Gasteiger partial charge in [-0.25, -0.2) is 0 Å². The standard InChI is InChI=1S/C18H19NO2/c1-2-12-19-15-7-5-9-18(21)14(15)10-11-16(19)13-6-3-4-8-17(13)20/h2-9,16,20-21H,1,10-12H2. The fraction of sp³-hybridized carbons (Fsp3) is 0.222. The predicted octanol–water partition coefficient (Wildman–Crippen LogP) is 3.78. The molecule has 0 saturated heterocycles. The minimum atomic E-state index is 0.0958. The van der Waals surface area contributed by atoms with E-state index in [4.69, 9.17) is 0 Å². The van der Waals surface area contributed by atoms with Crippen molar-refractivity contribution >= 4 is 5.69 Å². The summed E-state index contributed by atoms with van der Waals surface area (Å²) in [5, 5.41) is 20.2. The van der Waals surface area contributed by atoms with E-state index in [0.717, 1.165) is 29.7 Å². The van der Waals surface area contributed by atoms with Crippen LogP contribution in [0, 0.1) is 0 Å². The van der Waals surface area contributed by atoms with Crippen LogP contribution in [0.3, 0.4) is 0 Å². The molecule has 0 spiro atoms. The van der Waals surface area contributed by atoms with Crippen LogP contribution >= 0.6 is 0 Å². The van der Waals surface area contributed by atoms with Gasteiger partial charge >= 0.3 is 0 Å². The third-order valence-corrected chi connectivity index (χ3v) is 4.10. The van der Waals surface area contributed by atoms with Crippen molar-refractivity contribution < 1.29 is 10.2 Å². The summed E-state index contributed by atoms with van der Waals surface area (Å²) in [4.78, 5) is 2.20. The van der Waals surface area contributed by atoms with Crippen LogP contribution in [0.5, 0.6) is 11.5 Å². The first-order valence-corrected chi connectivity index (χ1v) is 7.18. The summed E-state index contributed by atoms with van der Waals surface area (Å²) in [5.74, 6) is 0.664. The second-order valence-electron chi connectivity index (χ2n) is 5.33. The van der Waals surface area contributed by atoms with Crippen molar-refractivity contribution in [3.05, 3.63) is 66.2 Å². The molecule has 0 saturated carbocycles. The fourth-order valence-electron chi connectivity index (χ4n) is 3.15. The number of phenols is 2. The maximum absolute atomic E-state index is 10.1. The Kier molecular flexibility index (Phi) is 3.57. The van der Waals surface area contributed by atoms with Crippen molar-refractivity contribution in [1.82, 2.24) is 0 Å². The Labute approximate surface area is 124 Å². The van der Waals surface area contributed by atoms with Gasteiger partial charge in [0.2, 0.25) is 0 Å². The van der Waals surface area contributed by atoms with Crippen LogP contribution in [0.15, 0.2) is 55.1 Å². The van der Waals surface area contributed by atoms with Gasteiger partial charge < -0.3 is 15.1 Å². The van der Waals surface area contributed by atoms with E-state index in [9.17, 15) is 10.2 Å². The van der Waals surface area contributed by atoms with Crippen molar-refractivity contribution in [2.24, 2.45) is 0 Å². The van der Waals surface area contributed by atoms with E-state index >= 15 is 0 Å². The number of para-hydroxylation sites is 1. The van der Waals surface area contributed by atoms with Gasteiger partial charge in [0.1, 0.15) is 11.5 Å². The number of phenolic OH excluding ortho intramolecular Hbond substituents is 2. The Hall–Kier alpha value is -2.42. The van der Waals surface area contributed by atoms with E-state index in [-0.39, 0.29) is 6.04 Å². The summed E-state index contributed by atoms with van der Waals surface area (Å²) in [6.07, 6.45) is 3.51. The number of nitrogens with zero attached hydrogens (tertiary/aromatic N) is 1. The zero-order valence-corrected chi connectivity index (χ0v) is 11.9. The van der Waals surface area contributed by atoms with Crippen molar-refractivity contribution in [2.75, 3.05) is 11.4 Å². The molecule has 3 nitrogen and oxygen atoms in total. The minimum absolute atomic E-state index is 0.0958. The predicted molar refractivity (Wildman–Crippen MR) is 84.8 cm³/mol. The van der Waals surface area contributed by atoms with Gasteiger partial charge in [-0.1, -0.05) is 30.3 Å².